The summed E-state index contributed by atoms with van der Waals surface area (Å²) in [6.45, 7) is 0. The first-order chi connectivity index (χ1) is 68.8. The van der Waals surface area contributed by atoms with E-state index in [4.69, 9.17) is 58.1 Å². The first-order valence-electron chi connectivity index (χ1n) is 46.4. The monoisotopic (exact) mass is 1780 g/mol. The fraction of sp³-hybridized carbons (Fsp3) is 0. The van der Waals surface area contributed by atoms with E-state index in [1.165, 1.54) is 43.3 Å². The van der Waals surface area contributed by atoms with Gasteiger partial charge in [-0.2, -0.15) is 0 Å². The summed E-state index contributed by atoms with van der Waals surface area (Å²) in [6, 6.07) is 165. The molecule has 12 nitrogen and oxygen atoms in total. The maximum Gasteiger partial charge on any atom is 0.164 e. The molecule has 21 aromatic carbocycles. The Labute approximate surface area is 799 Å². The number of benzene rings is 21. The minimum atomic E-state index is 0.625. The van der Waals surface area contributed by atoms with E-state index >= 15 is 0 Å². The van der Waals surface area contributed by atoms with Crippen molar-refractivity contribution in [1.82, 2.24) is 44.9 Å². The van der Waals surface area contributed by atoms with Crippen molar-refractivity contribution in [2.24, 2.45) is 0 Å². The van der Waals surface area contributed by atoms with Crippen LogP contribution < -0.4 is 0 Å². The fourth-order valence-electron chi connectivity index (χ4n) is 19.2. The molecule has 0 aliphatic rings. The topological polar surface area (TPSA) is 155 Å². The van der Waals surface area contributed by atoms with Crippen molar-refractivity contribution >= 4 is 109 Å². The second-order valence-electron chi connectivity index (χ2n) is 34.5. The van der Waals surface area contributed by atoms with Crippen molar-refractivity contribution in [2.75, 3.05) is 0 Å². The lowest BCUT2D eigenvalue weighted by Gasteiger charge is -2.13. The van der Waals surface area contributed by atoms with Crippen molar-refractivity contribution < 1.29 is 13.3 Å². The van der Waals surface area contributed by atoms with E-state index in [9.17, 15) is 0 Å². The molecule has 0 aliphatic heterocycles. The van der Waals surface area contributed by atoms with E-state index in [-0.39, 0.29) is 0 Å². The van der Waals surface area contributed by atoms with Gasteiger partial charge in [-0.05, 0) is 165 Å². The number of hydrogen-bond acceptors (Lipinski definition) is 12. The SMILES string of the molecule is c1ccc(-c2ccc(-c3nc(-c4ccccc4)nc(-c4cccc(-c5cccc6oc7ccccc7c56)c4)n3)cc2)cc1.c1ccc(-c2cccc(-c3nc(-c4ccccc4)nc(-c4cccc(-c5cccc6oc7ccccc7c56)c4)n3)c2)cc1.c1ccc2cc(-c3nc(-c4ccc(-c5cccc6oc7ccccc7c56)cc4)nc(-c4ccc5c6ccccc6c6ccccc6c5c4)n3)ccc2c1. The Hall–Kier alpha value is -18.9. The summed E-state index contributed by atoms with van der Waals surface area (Å²) < 4.78 is 18.5. The average molecular weight is 1780 g/mol. The van der Waals surface area contributed by atoms with Crippen molar-refractivity contribution in [3.63, 3.8) is 0 Å². The molecule has 0 spiro atoms. The Morgan fingerprint density at radius 1 is 0.115 bits per heavy atom. The normalized spacial score (nSPS) is 11.5. The summed E-state index contributed by atoms with van der Waals surface area (Å²) in [6.07, 6.45) is 0. The quantitative estimate of drug-likeness (QED) is 0.0951. The highest BCUT2D eigenvalue weighted by atomic mass is 16.3. The zero-order valence-electron chi connectivity index (χ0n) is 74.9. The van der Waals surface area contributed by atoms with Gasteiger partial charge in [0.1, 0.15) is 33.5 Å². The fourth-order valence-corrected chi connectivity index (χ4v) is 19.2. The molecule has 27 aromatic rings. The van der Waals surface area contributed by atoms with Crippen molar-refractivity contribution in [3.05, 3.63) is 479 Å². The van der Waals surface area contributed by atoms with Crippen LogP contribution in [0.25, 0.3) is 267 Å². The summed E-state index contributed by atoms with van der Waals surface area (Å²) in [4.78, 5) is 45.2. The zero-order chi connectivity index (χ0) is 92.1. The van der Waals surface area contributed by atoms with Crippen LogP contribution >= 0.6 is 0 Å². The average Bonchev–Trinajstić information content (AvgIpc) is 1.60. The number of rotatable bonds is 14. The standard InChI is InChI=1S/C49H29N3O.2C39H25N3O/c1-2-11-33-28-34(25-20-30(33)10-1)48-50-47(32-23-21-31(22-24-32)36-17-9-19-45-46(36)42-16-7-8-18-44(42)53-45)51-49(52-48)35-26-27-41-39-14-4-3-12-37(39)38-13-5-6-15-40(38)43(41)29-35;1-3-12-26(13-4-1)28-16-9-18-30(24-28)38-40-37(27-14-5-2-6-15-27)41-39(42-38)31-19-10-17-29(25-31)32-21-11-23-35-36(32)33-20-7-8-22-34(33)43-35;1-3-11-26(12-4-1)27-21-23-29(24-22-27)38-40-37(28-13-5-2-6-14-28)41-39(42-38)31-16-9-15-30(25-31)32-18-10-20-35-36(32)33-17-7-8-19-34(33)43-35/h1-29H;2*1-25H. The third kappa shape index (κ3) is 15.8. The van der Waals surface area contributed by atoms with Gasteiger partial charge in [-0.15, -0.1) is 0 Å². The van der Waals surface area contributed by atoms with Gasteiger partial charge in [-0.1, -0.05) is 413 Å². The minimum Gasteiger partial charge on any atom is -0.456 e. The van der Waals surface area contributed by atoms with Crippen molar-refractivity contribution in [2.45, 2.75) is 0 Å². The van der Waals surface area contributed by atoms with E-state index in [1.54, 1.807) is 0 Å². The van der Waals surface area contributed by atoms with Crippen LogP contribution in [-0.4, -0.2) is 44.9 Å². The third-order valence-corrected chi connectivity index (χ3v) is 26.0. The molecule has 6 heterocycles. The molecule has 139 heavy (non-hydrogen) atoms. The highest BCUT2D eigenvalue weighted by Crippen LogP contribution is 2.45. The van der Waals surface area contributed by atoms with Gasteiger partial charge in [0.2, 0.25) is 0 Å². The maximum atomic E-state index is 6.19. The van der Waals surface area contributed by atoms with Crippen LogP contribution in [0.1, 0.15) is 0 Å². The summed E-state index contributed by atoms with van der Waals surface area (Å²) in [5.41, 5.74) is 24.9. The predicted molar refractivity (Wildman–Crippen MR) is 567 cm³/mol. The number of nitrogens with zero attached hydrogens (tertiary/aromatic N) is 9. The smallest absolute Gasteiger partial charge is 0.164 e. The van der Waals surface area contributed by atoms with Gasteiger partial charge in [0, 0.05) is 82.4 Å². The van der Waals surface area contributed by atoms with Crippen LogP contribution in [0.2, 0.25) is 0 Å². The predicted octanol–water partition coefficient (Wildman–Crippen LogP) is 33.3. The molecule has 0 fully saturated rings. The minimum absolute atomic E-state index is 0.625. The first-order valence-corrected chi connectivity index (χ1v) is 46.4. The summed E-state index contributed by atoms with van der Waals surface area (Å²) in [7, 11) is 0. The maximum absolute atomic E-state index is 6.19. The van der Waals surface area contributed by atoms with E-state index in [0.29, 0.717) is 52.4 Å². The molecule has 0 bridgehead atoms. The Bertz CT molecular complexity index is 9360. The molecule has 0 radical (unpaired) electrons. The van der Waals surface area contributed by atoms with Gasteiger partial charge >= 0.3 is 0 Å². The van der Waals surface area contributed by atoms with Gasteiger partial charge in [-0.3, -0.25) is 0 Å². The van der Waals surface area contributed by atoms with Crippen LogP contribution in [0.4, 0.5) is 0 Å². The van der Waals surface area contributed by atoms with Crippen molar-refractivity contribution in [1.29, 1.82) is 0 Å². The van der Waals surface area contributed by atoms with E-state index < -0.39 is 0 Å². The number of para-hydroxylation sites is 3. The summed E-state index contributed by atoms with van der Waals surface area (Å²) in [5, 5.41) is 16.3. The summed E-state index contributed by atoms with van der Waals surface area (Å²) in [5.74, 6) is 5.70. The van der Waals surface area contributed by atoms with Crippen LogP contribution in [0, 0.1) is 0 Å². The highest BCUT2D eigenvalue weighted by Gasteiger charge is 2.23. The largest absolute Gasteiger partial charge is 0.456 e. The number of furan rings is 3. The lowest BCUT2D eigenvalue weighted by atomic mass is 9.93. The number of hydrogen-bond donors (Lipinski definition) is 0. The molecule has 0 aliphatic carbocycles. The van der Waals surface area contributed by atoms with E-state index in [0.717, 1.165) is 171 Å². The molecule has 0 amide bonds. The lowest BCUT2D eigenvalue weighted by Crippen LogP contribution is -2.00. The lowest BCUT2D eigenvalue weighted by molar-refractivity contribution is 0.668. The van der Waals surface area contributed by atoms with Crippen LogP contribution in [0.15, 0.2) is 492 Å². The highest BCUT2D eigenvalue weighted by molar-refractivity contribution is 6.26. The van der Waals surface area contributed by atoms with Gasteiger partial charge in [0.25, 0.3) is 0 Å². The molecule has 12 heteroatoms. The third-order valence-electron chi connectivity index (χ3n) is 26.0. The first kappa shape index (κ1) is 82.0. The molecule has 0 saturated carbocycles. The second-order valence-corrected chi connectivity index (χ2v) is 34.5. The Kier molecular flexibility index (Phi) is 21.0. The Morgan fingerprint density at radius 3 is 0.755 bits per heavy atom. The van der Waals surface area contributed by atoms with Gasteiger partial charge < -0.3 is 13.3 Å². The molecule has 27 rings (SSSR count). The molecule has 0 atom stereocenters. The molecule has 650 valence electrons. The second kappa shape index (κ2) is 35.6. The van der Waals surface area contributed by atoms with E-state index in [2.05, 4.69) is 334 Å². The Balaban J connectivity index is 0.000000111. The number of fused-ring (bicyclic) bond motifs is 16. The molecule has 0 N–H and O–H groups in total. The molecular formula is C127H79N9O3. The zero-order valence-corrected chi connectivity index (χ0v) is 74.9. The van der Waals surface area contributed by atoms with Crippen molar-refractivity contribution in [3.8, 4) is 158 Å². The number of aromatic nitrogens is 9. The van der Waals surface area contributed by atoms with Gasteiger partial charge in [0.15, 0.2) is 52.4 Å². The summed E-state index contributed by atoms with van der Waals surface area (Å²) >= 11 is 0. The Morgan fingerprint density at radius 2 is 0.345 bits per heavy atom. The van der Waals surface area contributed by atoms with Crippen LogP contribution in [0.5, 0.6) is 0 Å². The molecule has 6 aromatic heterocycles. The van der Waals surface area contributed by atoms with Gasteiger partial charge in [-0.25, -0.2) is 44.9 Å². The molecule has 0 saturated heterocycles. The van der Waals surface area contributed by atoms with E-state index in [1.807, 2.05) is 146 Å². The van der Waals surface area contributed by atoms with Crippen LogP contribution in [-0.2, 0) is 0 Å². The van der Waals surface area contributed by atoms with Crippen LogP contribution in [0.3, 0.4) is 0 Å². The molecular weight excluding hydrogens is 1700 g/mol. The molecule has 0 unspecified atom stereocenters. The van der Waals surface area contributed by atoms with Gasteiger partial charge in [0.05, 0.1) is 0 Å².